The number of nitrogens with two attached hydrogens (primary N) is 1. The summed E-state index contributed by atoms with van der Waals surface area (Å²) in [6.45, 7) is 0.355. The Kier molecular flexibility index (Phi) is 4.61. The minimum absolute atomic E-state index is 0.268. The fourth-order valence-corrected chi connectivity index (χ4v) is 1.86. The molecule has 3 N–H and O–H groups in total. The van der Waals surface area contributed by atoms with Crippen molar-refractivity contribution in [1.29, 1.82) is 0 Å². The van der Waals surface area contributed by atoms with Crippen LogP contribution in [0.1, 0.15) is 15.9 Å². The quantitative estimate of drug-likeness (QED) is 0.872. The smallest absolute Gasteiger partial charge is 0.255 e. The summed E-state index contributed by atoms with van der Waals surface area (Å²) >= 11 is 0. The number of rotatable bonds is 5. The largest absolute Gasteiger partial charge is 0.493 e. The number of methoxy groups -OCH3 is 2. The average molecular weight is 287 g/mol. The molecule has 2 rings (SSSR count). The molecular formula is C15H17N3O3. The second-order valence-electron chi connectivity index (χ2n) is 4.33. The van der Waals surface area contributed by atoms with Crippen LogP contribution in [0.4, 0.5) is 5.69 Å². The second kappa shape index (κ2) is 6.60. The maximum atomic E-state index is 12.0. The molecule has 110 valence electrons. The first-order chi connectivity index (χ1) is 10.2. The molecule has 1 aromatic carbocycles. The van der Waals surface area contributed by atoms with Crippen molar-refractivity contribution in [3.63, 3.8) is 0 Å². The Morgan fingerprint density at radius 3 is 2.67 bits per heavy atom. The lowest BCUT2D eigenvalue weighted by molar-refractivity contribution is 0.0951. The second-order valence-corrected chi connectivity index (χ2v) is 4.33. The third-order valence-electron chi connectivity index (χ3n) is 3.00. The number of anilines is 1. The van der Waals surface area contributed by atoms with Gasteiger partial charge < -0.3 is 20.5 Å². The molecule has 0 aliphatic heterocycles. The minimum Gasteiger partial charge on any atom is -0.493 e. The molecule has 1 aromatic heterocycles. The van der Waals surface area contributed by atoms with Crippen LogP contribution >= 0.6 is 0 Å². The molecule has 0 atom stereocenters. The van der Waals surface area contributed by atoms with E-state index in [0.29, 0.717) is 29.3 Å². The Morgan fingerprint density at radius 1 is 1.24 bits per heavy atom. The van der Waals surface area contributed by atoms with Crippen molar-refractivity contribution in [2.45, 2.75) is 6.54 Å². The summed E-state index contributed by atoms with van der Waals surface area (Å²) in [4.78, 5) is 15.9. The third kappa shape index (κ3) is 3.42. The molecule has 2 aromatic rings. The van der Waals surface area contributed by atoms with E-state index in [-0.39, 0.29) is 5.91 Å². The number of nitrogens with one attached hydrogen (secondary N) is 1. The van der Waals surface area contributed by atoms with Crippen LogP contribution in [0.15, 0.2) is 36.7 Å². The van der Waals surface area contributed by atoms with E-state index in [9.17, 15) is 4.79 Å². The highest BCUT2D eigenvalue weighted by Crippen LogP contribution is 2.27. The Labute approximate surface area is 122 Å². The van der Waals surface area contributed by atoms with Gasteiger partial charge in [-0.25, -0.2) is 0 Å². The SMILES string of the molecule is COc1ccc(CNC(=O)c2cnccc2N)cc1OC. The van der Waals surface area contributed by atoms with Gasteiger partial charge in [-0.15, -0.1) is 0 Å². The minimum atomic E-state index is -0.268. The Bertz CT molecular complexity index is 644. The van der Waals surface area contributed by atoms with Gasteiger partial charge in [0.2, 0.25) is 0 Å². The van der Waals surface area contributed by atoms with E-state index in [4.69, 9.17) is 15.2 Å². The van der Waals surface area contributed by atoms with Gasteiger partial charge >= 0.3 is 0 Å². The first kappa shape index (κ1) is 14.6. The number of carbonyl (C=O) groups excluding carboxylic acids is 1. The van der Waals surface area contributed by atoms with Crippen LogP contribution in [0.5, 0.6) is 11.5 Å². The molecule has 0 unspecified atom stereocenters. The van der Waals surface area contributed by atoms with Crippen molar-refractivity contribution < 1.29 is 14.3 Å². The van der Waals surface area contributed by atoms with Gasteiger partial charge in [0.1, 0.15) is 0 Å². The lowest BCUT2D eigenvalue weighted by Crippen LogP contribution is -2.24. The number of hydrogen-bond donors (Lipinski definition) is 2. The highest BCUT2D eigenvalue weighted by molar-refractivity contribution is 5.98. The molecule has 21 heavy (non-hydrogen) atoms. The lowest BCUT2D eigenvalue weighted by atomic mass is 10.2. The highest BCUT2D eigenvalue weighted by atomic mass is 16.5. The molecule has 0 saturated heterocycles. The van der Waals surface area contributed by atoms with E-state index in [2.05, 4.69) is 10.3 Å². The van der Waals surface area contributed by atoms with Crippen LogP contribution < -0.4 is 20.5 Å². The summed E-state index contributed by atoms with van der Waals surface area (Å²) < 4.78 is 10.4. The van der Waals surface area contributed by atoms with E-state index in [1.807, 2.05) is 12.1 Å². The molecule has 1 amide bonds. The van der Waals surface area contributed by atoms with Crippen LogP contribution in [0.25, 0.3) is 0 Å². The summed E-state index contributed by atoms with van der Waals surface area (Å²) in [5, 5.41) is 2.79. The molecule has 0 aliphatic carbocycles. The van der Waals surface area contributed by atoms with Crippen molar-refractivity contribution in [3.05, 3.63) is 47.8 Å². The van der Waals surface area contributed by atoms with Crippen molar-refractivity contribution in [2.75, 3.05) is 20.0 Å². The Hall–Kier alpha value is -2.76. The van der Waals surface area contributed by atoms with Crippen LogP contribution in [0.3, 0.4) is 0 Å². The third-order valence-corrected chi connectivity index (χ3v) is 3.00. The zero-order chi connectivity index (χ0) is 15.2. The van der Waals surface area contributed by atoms with Crippen LogP contribution in [0, 0.1) is 0 Å². The number of pyridine rings is 1. The van der Waals surface area contributed by atoms with Crippen molar-refractivity contribution in [1.82, 2.24) is 10.3 Å². The molecule has 1 heterocycles. The molecule has 0 fully saturated rings. The number of aromatic nitrogens is 1. The van der Waals surface area contributed by atoms with Crippen LogP contribution in [0.2, 0.25) is 0 Å². The molecular weight excluding hydrogens is 270 g/mol. The van der Waals surface area contributed by atoms with Gasteiger partial charge in [0, 0.05) is 24.6 Å². The number of amides is 1. The summed E-state index contributed by atoms with van der Waals surface area (Å²) in [5.41, 5.74) is 7.39. The maximum Gasteiger partial charge on any atom is 0.255 e. The van der Waals surface area contributed by atoms with Crippen molar-refractivity contribution >= 4 is 11.6 Å². The molecule has 0 saturated carbocycles. The maximum absolute atomic E-state index is 12.0. The van der Waals surface area contributed by atoms with E-state index in [1.165, 1.54) is 6.20 Å². The molecule has 6 nitrogen and oxygen atoms in total. The molecule has 6 heteroatoms. The van der Waals surface area contributed by atoms with E-state index >= 15 is 0 Å². The summed E-state index contributed by atoms with van der Waals surface area (Å²) in [5.74, 6) is 0.990. The van der Waals surface area contributed by atoms with Crippen LogP contribution in [-0.4, -0.2) is 25.1 Å². The standard InChI is InChI=1S/C15H17N3O3/c1-20-13-4-3-10(7-14(13)21-2)8-18-15(19)11-9-17-6-5-12(11)16/h3-7,9H,8H2,1-2H3,(H2,16,17)(H,18,19). The number of carbonyl (C=O) groups is 1. The van der Waals surface area contributed by atoms with Gasteiger partial charge in [-0.05, 0) is 23.8 Å². The van der Waals surface area contributed by atoms with Gasteiger partial charge in [-0.3, -0.25) is 9.78 Å². The van der Waals surface area contributed by atoms with E-state index in [0.717, 1.165) is 5.56 Å². The number of nitrogen functional groups attached to an aromatic ring is 1. The number of benzene rings is 1. The van der Waals surface area contributed by atoms with Gasteiger partial charge in [0.15, 0.2) is 11.5 Å². The summed E-state index contributed by atoms with van der Waals surface area (Å²) in [6, 6.07) is 7.05. The molecule has 0 bridgehead atoms. The van der Waals surface area contributed by atoms with E-state index < -0.39 is 0 Å². The van der Waals surface area contributed by atoms with E-state index in [1.54, 1.807) is 32.5 Å². The predicted octanol–water partition coefficient (Wildman–Crippen LogP) is 1.61. The van der Waals surface area contributed by atoms with Crippen LogP contribution in [-0.2, 0) is 6.54 Å². The highest BCUT2D eigenvalue weighted by Gasteiger charge is 2.10. The average Bonchev–Trinajstić information content (AvgIpc) is 2.52. The monoisotopic (exact) mass is 287 g/mol. The predicted molar refractivity (Wildman–Crippen MR) is 79.4 cm³/mol. The fourth-order valence-electron chi connectivity index (χ4n) is 1.86. The number of hydrogen-bond acceptors (Lipinski definition) is 5. The van der Waals surface area contributed by atoms with Crippen molar-refractivity contribution in [2.24, 2.45) is 0 Å². The summed E-state index contributed by atoms with van der Waals surface area (Å²) in [7, 11) is 3.14. The normalized spacial score (nSPS) is 10.0. The topological polar surface area (TPSA) is 86.5 Å². The van der Waals surface area contributed by atoms with Gasteiger partial charge in [0.25, 0.3) is 5.91 Å². The molecule has 0 spiro atoms. The Balaban J connectivity index is 2.06. The lowest BCUT2D eigenvalue weighted by Gasteiger charge is -2.11. The molecule has 0 radical (unpaired) electrons. The Morgan fingerprint density at radius 2 is 2.00 bits per heavy atom. The van der Waals surface area contributed by atoms with Gasteiger partial charge in [-0.2, -0.15) is 0 Å². The zero-order valence-corrected chi connectivity index (χ0v) is 11.9. The summed E-state index contributed by atoms with van der Waals surface area (Å²) in [6.07, 6.45) is 2.99. The first-order valence-corrected chi connectivity index (χ1v) is 6.34. The zero-order valence-electron chi connectivity index (χ0n) is 11.9. The van der Waals surface area contributed by atoms with Gasteiger partial charge in [0.05, 0.1) is 19.8 Å². The number of ether oxygens (including phenoxy) is 2. The molecule has 0 aliphatic rings. The number of nitrogens with zero attached hydrogens (tertiary/aromatic N) is 1. The fraction of sp³-hybridized carbons (Fsp3) is 0.200. The van der Waals surface area contributed by atoms with Gasteiger partial charge in [-0.1, -0.05) is 6.07 Å². The van der Waals surface area contributed by atoms with Crippen molar-refractivity contribution in [3.8, 4) is 11.5 Å². The first-order valence-electron chi connectivity index (χ1n) is 6.34.